The molecule has 4 heteroatoms. The Bertz CT molecular complexity index is 97.0. The van der Waals surface area contributed by atoms with E-state index >= 15 is 0 Å². The molecule has 0 aliphatic rings. The standard InChI is InChI=1S/C5H11NO2Se/c1-2-9-3-4(6)5(7)8/h4H,2-3,6H2,1H3,(H,7,8)/t4-/m1/s1. The Morgan fingerprint density at radius 1 is 1.89 bits per heavy atom. The van der Waals surface area contributed by atoms with Gasteiger partial charge in [-0.2, -0.15) is 0 Å². The molecule has 0 saturated heterocycles. The van der Waals surface area contributed by atoms with Crippen LogP contribution < -0.4 is 5.73 Å². The van der Waals surface area contributed by atoms with Gasteiger partial charge in [-0.25, -0.2) is 0 Å². The Kier molecular flexibility index (Phi) is 4.77. The fourth-order valence-electron chi connectivity index (χ4n) is 0.316. The molecular weight excluding hydrogens is 185 g/mol. The Morgan fingerprint density at radius 3 is 2.78 bits per heavy atom. The SMILES string of the molecule is CC[Se]C[C@@H](N)C(=O)O. The molecule has 0 unspecified atom stereocenters. The zero-order chi connectivity index (χ0) is 7.28. The second-order valence-corrected chi connectivity index (χ2v) is 4.37. The van der Waals surface area contributed by atoms with Crippen LogP contribution in [-0.4, -0.2) is 32.1 Å². The first-order valence-electron chi connectivity index (χ1n) is 2.74. The van der Waals surface area contributed by atoms with Crippen LogP contribution in [0.25, 0.3) is 0 Å². The van der Waals surface area contributed by atoms with Crippen LogP contribution in [0.15, 0.2) is 0 Å². The maximum absolute atomic E-state index is 10.1. The first-order chi connectivity index (χ1) is 4.18. The number of hydrogen-bond donors (Lipinski definition) is 2. The van der Waals surface area contributed by atoms with Crippen molar-refractivity contribution in [1.82, 2.24) is 0 Å². The molecule has 0 spiro atoms. The molecule has 54 valence electrons. The summed E-state index contributed by atoms with van der Waals surface area (Å²) in [7, 11) is 0. The van der Waals surface area contributed by atoms with Crippen molar-refractivity contribution in [1.29, 1.82) is 0 Å². The number of carbonyl (C=O) groups is 1. The summed E-state index contributed by atoms with van der Waals surface area (Å²) in [6.45, 7) is 2.04. The zero-order valence-corrected chi connectivity index (χ0v) is 7.05. The molecule has 0 aliphatic heterocycles. The summed E-state index contributed by atoms with van der Waals surface area (Å²) < 4.78 is 0. The fraction of sp³-hybridized carbons (Fsp3) is 0.800. The summed E-state index contributed by atoms with van der Waals surface area (Å²) in [5.74, 6) is -0.884. The maximum atomic E-state index is 10.1. The van der Waals surface area contributed by atoms with Crippen molar-refractivity contribution in [3.8, 4) is 0 Å². The second-order valence-electron chi connectivity index (χ2n) is 1.60. The number of hydrogen-bond acceptors (Lipinski definition) is 2. The van der Waals surface area contributed by atoms with E-state index in [0.717, 1.165) is 5.32 Å². The van der Waals surface area contributed by atoms with E-state index in [0.29, 0.717) is 20.3 Å². The molecule has 0 bridgehead atoms. The normalized spacial score (nSPS) is 13.1. The number of aliphatic carboxylic acids is 1. The summed E-state index contributed by atoms with van der Waals surface area (Å²) in [5.41, 5.74) is 5.22. The molecule has 3 N–H and O–H groups in total. The Balaban J connectivity index is 3.27. The molecular formula is C5H11NO2Se. The van der Waals surface area contributed by atoms with Crippen LogP contribution in [0.5, 0.6) is 0 Å². The van der Waals surface area contributed by atoms with Crippen molar-refractivity contribution in [2.24, 2.45) is 5.73 Å². The zero-order valence-electron chi connectivity index (χ0n) is 5.33. The van der Waals surface area contributed by atoms with Crippen LogP contribution in [0.2, 0.25) is 10.6 Å². The summed E-state index contributed by atoms with van der Waals surface area (Å²) in [6, 6.07) is -0.634. The van der Waals surface area contributed by atoms with Crippen molar-refractivity contribution in [2.45, 2.75) is 23.6 Å². The Hall–Kier alpha value is -0.0505. The third-order valence-electron chi connectivity index (χ3n) is 0.819. The predicted molar refractivity (Wildman–Crippen MR) is 36.7 cm³/mol. The molecule has 1 atom stereocenters. The van der Waals surface area contributed by atoms with E-state index in [1.54, 1.807) is 0 Å². The van der Waals surface area contributed by atoms with Gasteiger partial charge in [0.15, 0.2) is 0 Å². The van der Waals surface area contributed by atoms with E-state index in [-0.39, 0.29) is 0 Å². The summed E-state index contributed by atoms with van der Waals surface area (Å²) in [4.78, 5) is 10.1. The molecule has 0 fully saturated rings. The van der Waals surface area contributed by atoms with E-state index in [1.807, 2.05) is 6.92 Å². The summed E-state index contributed by atoms with van der Waals surface area (Å²) in [6.07, 6.45) is 0. The molecule has 0 radical (unpaired) electrons. The minimum absolute atomic E-state index is 0.414. The first kappa shape index (κ1) is 8.95. The molecule has 0 amide bonds. The molecule has 0 aliphatic carbocycles. The van der Waals surface area contributed by atoms with Crippen LogP contribution in [0.3, 0.4) is 0 Å². The van der Waals surface area contributed by atoms with Crippen molar-refractivity contribution in [2.75, 3.05) is 0 Å². The van der Waals surface area contributed by atoms with Gasteiger partial charge >= 0.3 is 60.2 Å². The van der Waals surface area contributed by atoms with Crippen LogP contribution in [-0.2, 0) is 4.79 Å². The Labute approximate surface area is 60.8 Å². The third-order valence-corrected chi connectivity index (χ3v) is 2.92. The number of rotatable bonds is 4. The number of carboxylic acid groups (broad SMARTS) is 1. The molecule has 0 aromatic rings. The van der Waals surface area contributed by atoms with Crippen molar-refractivity contribution in [3.05, 3.63) is 0 Å². The Morgan fingerprint density at radius 2 is 2.44 bits per heavy atom. The van der Waals surface area contributed by atoms with E-state index in [2.05, 4.69) is 0 Å². The van der Waals surface area contributed by atoms with E-state index < -0.39 is 12.0 Å². The first-order valence-corrected chi connectivity index (χ1v) is 5.17. The molecule has 0 saturated carbocycles. The quantitative estimate of drug-likeness (QED) is 0.620. The minimum atomic E-state index is -0.884. The number of nitrogens with two attached hydrogens (primary N) is 1. The van der Waals surface area contributed by atoms with Gasteiger partial charge < -0.3 is 0 Å². The van der Waals surface area contributed by atoms with Gasteiger partial charge in [0, 0.05) is 0 Å². The monoisotopic (exact) mass is 197 g/mol. The molecule has 0 heterocycles. The van der Waals surface area contributed by atoms with Gasteiger partial charge in [-0.3, -0.25) is 0 Å². The van der Waals surface area contributed by atoms with Gasteiger partial charge in [0.1, 0.15) is 0 Å². The van der Waals surface area contributed by atoms with Crippen molar-refractivity contribution in [3.63, 3.8) is 0 Å². The molecule has 3 nitrogen and oxygen atoms in total. The van der Waals surface area contributed by atoms with Gasteiger partial charge in [0.25, 0.3) is 0 Å². The van der Waals surface area contributed by atoms with Gasteiger partial charge in [0.2, 0.25) is 0 Å². The number of carboxylic acids is 1. The fourth-order valence-corrected chi connectivity index (χ4v) is 1.64. The van der Waals surface area contributed by atoms with Crippen LogP contribution in [0.1, 0.15) is 6.92 Å². The van der Waals surface area contributed by atoms with E-state index in [9.17, 15) is 4.79 Å². The van der Waals surface area contributed by atoms with Gasteiger partial charge in [0.05, 0.1) is 0 Å². The average Bonchev–Trinajstić information content (AvgIpc) is 1.82. The van der Waals surface area contributed by atoms with Crippen LogP contribution in [0.4, 0.5) is 0 Å². The van der Waals surface area contributed by atoms with Crippen molar-refractivity contribution < 1.29 is 9.90 Å². The molecule has 0 aromatic heterocycles. The molecule has 0 rings (SSSR count). The predicted octanol–water partition coefficient (Wildman–Crippen LogP) is -0.0410. The van der Waals surface area contributed by atoms with Crippen LogP contribution >= 0.6 is 0 Å². The average molecular weight is 196 g/mol. The van der Waals surface area contributed by atoms with Crippen molar-refractivity contribution >= 4 is 20.9 Å². The van der Waals surface area contributed by atoms with E-state index in [4.69, 9.17) is 10.8 Å². The summed E-state index contributed by atoms with van der Waals surface area (Å²) in [5, 5.41) is 10.0. The second kappa shape index (κ2) is 4.79. The molecule has 9 heavy (non-hydrogen) atoms. The third kappa shape index (κ3) is 4.45. The molecule has 0 aromatic carbocycles. The van der Waals surface area contributed by atoms with Gasteiger partial charge in [-0.05, 0) is 0 Å². The topological polar surface area (TPSA) is 63.3 Å². The summed E-state index contributed by atoms with van der Waals surface area (Å²) >= 11 is 0.414. The van der Waals surface area contributed by atoms with E-state index in [1.165, 1.54) is 0 Å². The van der Waals surface area contributed by atoms with Gasteiger partial charge in [-0.15, -0.1) is 0 Å². The van der Waals surface area contributed by atoms with Gasteiger partial charge in [-0.1, -0.05) is 0 Å². The van der Waals surface area contributed by atoms with Crippen LogP contribution in [0, 0.1) is 0 Å².